The molecule has 1 N–H and O–H groups in total. The van der Waals surface area contributed by atoms with Crippen LogP contribution >= 0.6 is 0 Å². The van der Waals surface area contributed by atoms with Gasteiger partial charge < -0.3 is 9.76 Å². The van der Waals surface area contributed by atoms with Crippen molar-refractivity contribution in [3.8, 4) is 0 Å². The van der Waals surface area contributed by atoms with Crippen LogP contribution in [-0.2, 0) is 17.5 Å². The number of rotatable bonds is 4. The molecule has 0 spiro atoms. The molecule has 98 valence electrons. The molecular weight excluding hydrogens is 223 g/mol. The first kappa shape index (κ1) is 13.6. The topological polar surface area (TPSA) is 29.5 Å². The summed E-state index contributed by atoms with van der Waals surface area (Å²) in [6.45, 7) is 7.44. The van der Waals surface area contributed by atoms with Crippen LogP contribution in [0.2, 0.25) is 0 Å². The number of hydrogen-bond donors (Lipinski definition) is 1. The van der Waals surface area contributed by atoms with E-state index in [4.69, 9.17) is 4.65 Å². The summed E-state index contributed by atoms with van der Waals surface area (Å²) in [4.78, 5) is 0. The molecule has 1 aliphatic carbocycles. The lowest BCUT2D eigenvalue weighted by Gasteiger charge is -2.37. The van der Waals surface area contributed by atoms with Crippen LogP contribution < -0.4 is 5.46 Å². The molecule has 0 radical (unpaired) electrons. The molecule has 0 fully saturated rings. The fourth-order valence-corrected chi connectivity index (χ4v) is 2.16. The zero-order valence-corrected chi connectivity index (χ0v) is 11.9. The molecule has 0 aromatic heterocycles. The van der Waals surface area contributed by atoms with E-state index in [9.17, 15) is 5.11 Å². The van der Waals surface area contributed by atoms with Gasteiger partial charge in [-0.25, -0.2) is 0 Å². The number of aryl methyl sites for hydroxylation is 2. The van der Waals surface area contributed by atoms with Crippen LogP contribution in [0.4, 0.5) is 0 Å². The second-order valence-electron chi connectivity index (χ2n) is 6.31. The molecule has 0 heterocycles. The Hall–Kier alpha value is -0.795. The average molecular weight is 246 g/mol. The molecule has 0 amide bonds. The SMILES string of the molecule is CC(C)(O)C(C)(C)OBc1ccc2c(c1)CCC2. The summed E-state index contributed by atoms with van der Waals surface area (Å²) < 4.78 is 5.89. The number of benzene rings is 1. The second kappa shape index (κ2) is 4.71. The van der Waals surface area contributed by atoms with Crippen LogP contribution in [0.15, 0.2) is 18.2 Å². The Balaban J connectivity index is 2.03. The molecule has 1 aromatic rings. The monoisotopic (exact) mass is 246 g/mol. The summed E-state index contributed by atoms with van der Waals surface area (Å²) in [6, 6.07) is 6.62. The molecule has 1 aliphatic rings. The van der Waals surface area contributed by atoms with Crippen molar-refractivity contribution in [2.75, 3.05) is 0 Å². The average Bonchev–Trinajstić information content (AvgIpc) is 2.71. The Morgan fingerprint density at radius 2 is 1.78 bits per heavy atom. The lowest BCUT2D eigenvalue weighted by Crippen LogP contribution is -2.49. The lowest BCUT2D eigenvalue weighted by atomic mass is 9.82. The Morgan fingerprint density at radius 3 is 2.44 bits per heavy atom. The first-order chi connectivity index (χ1) is 8.29. The van der Waals surface area contributed by atoms with Gasteiger partial charge >= 0.3 is 7.48 Å². The zero-order valence-electron chi connectivity index (χ0n) is 11.9. The third kappa shape index (κ3) is 2.78. The third-order valence-electron chi connectivity index (χ3n) is 4.24. The molecule has 0 aliphatic heterocycles. The quantitative estimate of drug-likeness (QED) is 0.819. The summed E-state index contributed by atoms with van der Waals surface area (Å²) in [5.74, 6) is 0. The molecule has 0 unspecified atom stereocenters. The van der Waals surface area contributed by atoms with Gasteiger partial charge in [0.25, 0.3) is 0 Å². The maximum atomic E-state index is 10.1. The van der Waals surface area contributed by atoms with Gasteiger partial charge in [0.2, 0.25) is 0 Å². The molecule has 3 heteroatoms. The number of aliphatic hydroxyl groups is 1. The fraction of sp³-hybridized carbons (Fsp3) is 0.600. The van der Waals surface area contributed by atoms with E-state index >= 15 is 0 Å². The van der Waals surface area contributed by atoms with Crippen molar-refractivity contribution in [3.05, 3.63) is 29.3 Å². The molecule has 0 bridgehead atoms. The lowest BCUT2D eigenvalue weighted by molar-refractivity contribution is -0.0893. The Kier molecular flexibility index (Phi) is 3.57. The van der Waals surface area contributed by atoms with E-state index in [1.165, 1.54) is 35.9 Å². The molecule has 1 aromatic carbocycles. The van der Waals surface area contributed by atoms with Crippen molar-refractivity contribution in [3.63, 3.8) is 0 Å². The van der Waals surface area contributed by atoms with E-state index in [-0.39, 0.29) is 0 Å². The predicted octanol–water partition coefficient (Wildman–Crippen LogP) is 1.72. The predicted molar refractivity (Wildman–Crippen MR) is 76.7 cm³/mol. The molecule has 0 atom stereocenters. The van der Waals surface area contributed by atoms with E-state index < -0.39 is 11.2 Å². The molecule has 0 saturated heterocycles. The van der Waals surface area contributed by atoms with Crippen LogP contribution in [0.5, 0.6) is 0 Å². The minimum absolute atomic E-state index is 0.550. The first-order valence-electron chi connectivity index (χ1n) is 6.77. The van der Waals surface area contributed by atoms with E-state index in [1.807, 2.05) is 13.8 Å². The third-order valence-corrected chi connectivity index (χ3v) is 4.24. The van der Waals surface area contributed by atoms with E-state index in [0.29, 0.717) is 7.48 Å². The van der Waals surface area contributed by atoms with Gasteiger partial charge in [0.05, 0.1) is 11.2 Å². The highest BCUT2D eigenvalue weighted by Gasteiger charge is 2.35. The van der Waals surface area contributed by atoms with E-state index in [0.717, 1.165) is 0 Å². The van der Waals surface area contributed by atoms with Gasteiger partial charge in [0, 0.05) is 0 Å². The summed E-state index contributed by atoms with van der Waals surface area (Å²) in [7, 11) is 0.560. The van der Waals surface area contributed by atoms with Gasteiger partial charge in [-0.15, -0.1) is 0 Å². The summed E-state index contributed by atoms with van der Waals surface area (Å²) in [5.41, 5.74) is 2.76. The number of hydrogen-bond acceptors (Lipinski definition) is 2. The van der Waals surface area contributed by atoms with E-state index in [2.05, 4.69) is 18.2 Å². The highest BCUT2D eigenvalue weighted by molar-refractivity contribution is 6.47. The second-order valence-corrected chi connectivity index (χ2v) is 6.31. The molecule has 0 saturated carbocycles. The van der Waals surface area contributed by atoms with Gasteiger partial charge in [-0.3, -0.25) is 0 Å². The van der Waals surface area contributed by atoms with Crippen molar-refractivity contribution >= 4 is 12.9 Å². The van der Waals surface area contributed by atoms with Crippen molar-refractivity contribution in [1.82, 2.24) is 0 Å². The highest BCUT2D eigenvalue weighted by atomic mass is 16.5. The smallest absolute Gasteiger partial charge is 0.309 e. The number of fused-ring (bicyclic) bond motifs is 1. The first-order valence-corrected chi connectivity index (χ1v) is 6.77. The normalized spacial score (nSPS) is 15.6. The standard InChI is InChI=1S/C15H23BO2/c1-14(2,17)15(3,4)18-16-13-9-8-11-6-5-7-12(11)10-13/h8-10,16-17H,5-7H2,1-4H3. The van der Waals surface area contributed by atoms with Crippen molar-refractivity contribution < 1.29 is 9.76 Å². The van der Waals surface area contributed by atoms with Gasteiger partial charge in [-0.1, -0.05) is 23.7 Å². The Labute approximate surface area is 111 Å². The molecule has 2 rings (SSSR count). The van der Waals surface area contributed by atoms with Gasteiger partial charge in [0.1, 0.15) is 0 Å². The van der Waals surface area contributed by atoms with Gasteiger partial charge in [0.15, 0.2) is 0 Å². The van der Waals surface area contributed by atoms with Gasteiger partial charge in [-0.05, 0) is 58.1 Å². The summed E-state index contributed by atoms with van der Waals surface area (Å²) in [5, 5.41) is 10.1. The highest BCUT2D eigenvalue weighted by Crippen LogP contribution is 2.24. The van der Waals surface area contributed by atoms with Crippen LogP contribution in [0.1, 0.15) is 45.2 Å². The minimum atomic E-state index is -0.844. The van der Waals surface area contributed by atoms with Gasteiger partial charge in [-0.2, -0.15) is 0 Å². The Bertz CT molecular complexity index is 433. The van der Waals surface area contributed by atoms with Crippen LogP contribution in [-0.4, -0.2) is 23.8 Å². The molecular formula is C15H23BO2. The summed E-state index contributed by atoms with van der Waals surface area (Å²) in [6.07, 6.45) is 3.68. The van der Waals surface area contributed by atoms with Crippen LogP contribution in [0, 0.1) is 0 Å². The van der Waals surface area contributed by atoms with Crippen molar-refractivity contribution in [2.24, 2.45) is 0 Å². The fourth-order valence-electron chi connectivity index (χ4n) is 2.16. The minimum Gasteiger partial charge on any atom is -0.427 e. The molecule has 2 nitrogen and oxygen atoms in total. The van der Waals surface area contributed by atoms with Crippen molar-refractivity contribution in [2.45, 2.75) is 58.2 Å². The van der Waals surface area contributed by atoms with Crippen LogP contribution in [0.25, 0.3) is 0 Å². The summed E-state index contributed by atoms with van der Waals surface area (Å²) >= 11 is 0. The van der Waals surface area contributed by atoms with Crippen LogP contribution in [0.3, 0.4) is 0 Å². The maximum Gasteiger partial charge on any atom is 0.309 e. The Morgan fingerprint density at radius 1 is 1.11 bits per heavy atom. The van der Waals surface area contributed by atoms with E-state index in [1.54, 1.807) is 13.8 Å². The zero-order chi connectivity index (χ0) is 13.4. The largest absolute Gasteiger partial charge is 0.427 e. The van der Waals surface area contributed by atoms with Crippen molar-refractivity contribution in [1.29, 1.82) is 0 Å². The molecule has 18 heavy (non-hydrogen) atoms. The maximum absolute atomic E-state index is 10.1.